The van der Waals surface area contributed by atoms with Gasteiger partial charge in [-0.3, -0.25) is 9.69 Å². The molecule has 0 aliphatic carbocycles. The lowest BCUT2D eigenvalue weighted by Crippen LogP contribution is -2.27. The fourth-order valence-electron chi connectivity index (χ4n) is 2.33. The molecular formula is C18H19ClN2OS. The van der Waals surface area contributed by atoms with Crippen LogP contribution in [0.2, 0.25) is 0 Å². The maximum absolute atomic E-state index is 12.7. The summed E-state index contributed by atoms with van der Waals surface area (Å²) in [6.07, 6.45) is 5.93. The first-order valence-corrected chi connectivity index (χ1v) is 8.48. The van der Waals surface area contributed by atoms with Crippen molar-refractivity contribution in [2.24, 2.45) is 0 Å². The number of nitrogens with zero attached hydrogens (tertiary/aromatic N) is 2. The van der Waals surface area contributed by atoms with E-state index in [0.29, 0.717) is 16.4 Å². The van der Waals surface area contributed by atoms with Gasteiger partial charge in [-0.25, -0.2) is 0 Å². The van der Waals surface area contributed by atoms with Crippen LogP contribution >= 0.6 is 23.1 Å². The summed E-state index contributed by atoms with van der Waals surface area (Å²) in [7, 11) is 1.75. The zero-order valence-electron chi connectivity index (χ0n) is 13.5. The molecule has 0 fully saturated rings. The molecule has 0 aliphatic rings. The minimum Gasteiger partial charge on any atom is -0.294 e. The summed E-state index contributed by atoms with van der Waals surface area (Å²) in [6, 6.07) is 6.13. The maximum Gasteiger partial charge on any atom is 0.258 e. The molecule has 0 unspecified atom stereocenters. The molecule has 2 rings (SSSR count). The van der Waals surface area contributed by atoms with Gasteiger partial charge in [0.15, 0.2) is 5.82 Å². The largest absolute Gasteiger partial charge is 0.294 e. The summed E-state index contributed by atoms with van der Waals surface area (Å²) in [5, 5.41) is 1.43. The van der Waals surface area contributed by atoms with Gasteiger partial charge in [0.25, 0.3) is 5.91 Å². The number of amides is 1. The van der Waals surface area contributed by atoms with E-state index in [4.69, 9.17) is 11.6 Å². The van der Waals surface area contributed by atoms with Crippen LogP contribution in [0.4, 0.5) is 5.82 Å². The Labute approximate surface area is 145 Å². The van der Waals surface area contributed by atoms with Crippen LogP contribution in [0, 0.1) is 0 Å². The van der Waals surface area contributed by atoms with Gasteiger partial charge >= 0.3 is 0 Å². The van der Waals surface area contributed by atoms with Crippen molar-refractivity contribution in [2.75, 3.05) is 11.9 Å². The highest BCUT2D eigenvalue weighted by atomic mass is 35.5. The predicted molar refractivity (Wildman–Crippen MR) is 100 cm³/mol. The summed E-state index contributed by atoms with van der Waals surface area (Å²) >= 11 is 7.15. The number of halogens is 1. The zero-order chi connectivity index (χ0) is 17.0. The molecule has 0 saturated heterocycles. The molecule has 3 nitrogen and oxygen atoms in total. The standard InChI is InChI=1S/C18H19ClN2OS/c1-5-13-8-7-9-15-16(13)17(20-23-15)21(4)18(22)14(6-2)11-10-12(3)19/h6-11H,3,5H2,1-2,4H3/b11-10-,14-6+. The normalized spacial score (nSPS) is 12.1. The number of aryl methyl sites for hydroxylation is 1. The van der Waals surface area contributed by atoms with Crippen molar-refractivity contribution in [1.29, 1.82) is 0 Å². The van der Waals surface area contributed by atoms with E-state index < -0.39 is 0 Å². The smallest absolute Gasteiger partial charge is 0.258 e. The Morgan fingerprint density at radius 1 is 1.43 bits per heavy atom. The average molecular weight is 347 g/mol. The van der Waals surface area contributed by atoms with Crippen molar-refractivity contribution in [3.8, 4) is 0 Å². The van der Waals surface area contributed by atoms with Gasteiger partial charge in [-0.1, -0.05) is 43.3 Å². The lowest BCUT2D eigenvalue weighted by atomic mass is 10.1. The van der Waals surface area contributed by atoms with Crippen molar-refractivity contribution in [3.63, 3.8) is 0 Å². The second-order valence-electron chi connectivity index (χ2n) is 5.04. The Morgan fingerprint density at radius 3 is 2.78 bits per heavy atom. The number of fused-ring (bicyclic) bond motifs is 1. The molecule has 23 heavy (non-hydrogen) atoms. The Balaban J connectivity index is 2.42. The molecule has 1 aromatic carbocycles. The molecule has 1 amide bonds. The summed E-state index contributed by atoms with van der Waals surface area (Å²) in [4.78, 5) is 14.3. The molecule has 0 bridgehead atoms. The number of likely N-dealkylation sites (N-methyl/N-ethyl adjacent to an activating group) is 1. The van der Waals surface area contributed by atoms with E-state index in [-0.39, 0.29) is 5.91 Å². The van der Waals surface area contributed by atoms with Gasteiger partial charge < -0.3 is 0 Å². The van der Waals surface area contributed by atoms with E-state index in [1.54, 1.807) is 30.2 Å². The van der Waals surface area contributed by atoms with Gasteiger partial charge in [0.2, 0.25) is 0 Å². The third-order valence-corrected chi connectivity index (χ3v) is 4.50. The summed E-state index contributed by atoms with van der Waals surface area (Å²) < 4.78 is 5.58. The first-order chi connectivity index (χ1) is 11.0. The molecule has 0 N–H and O–H groups in total. The molecule has 5 heteroatoms. The second kappa shape index (κ2) is 7.57. The van der Waals surface area contributed by atoms with E-state index in [1.807, 2.05) is 19.1 Å². The number of carbonyl (C=O) groups excluding carboxylic acids is 1. The van der Waals surface area contributed by atoms with Crippen molar-refractivity contribution < 1.29 is 4.79 Å². The first-order valence-electron chi connectivity index (χ1n) is 7.33. The van der Waals surface area contributed by atoms with Gasteiger partial charge in [-0.05, 0) is 48.7 Å². The van der Waals surface area contributed by atoms with Gasteiger partial charge in [0.05, 0.1) is 4.70 Å². The topological polar surface area (TPSA) is 33.2 Å². The van der Waals surface area contributed by atoms with E-state index in [1.165, 1.54) is 17.1 Å². The predicted octanol–water partition coefficient (Wildman–Crippen LogP) is 5.08. The van der Waals surface area contributed by atoms with Crippen molar-refractivity contribution in [2.45, 2.75) is 20.3 Å². The Bertz CT molecular complexity index is 804. The third kappa shape index (κ3) is 3.71. The third-order valence-electron chi connectivity index (χ3n) is 3.57. The SMILES string of the molecule is C=C(Cl)/C=C\C(=C/C)C(=O)N(C)c1nsc2cccc(CC)c12. The molecule has 1 aromatic heterocycles. The molecule has 120 valence electrons. The maximum atomic E-state index is 12.7. The number of hydrogen-bond donors (Lipinski definition) is 0. The van der Waals surface area contributed by atoms with E-state index in [2.05, 4.69) is 23.9 Å². The highest BCUT2D eigenvalue weighted by Crippen LogP contribution is 2.32. The molecule has 0 atom stereocenters. The van der Waals surface area contributed by atoms with Crippen LogP contribution in [-0.4, -0.2) is 17.3 Å². The van der Waals surface area contributed by atoms with Crippen molar-refractivity contribution >= 4 is 44.9 Å². The second-order valence-corrected chi connectivity index (χ2v) is 6.33. The van der Waals surface area contributed by atoms with E-state index >= 15 is 0 Å². The highest BCUT2D eigenvalue weighted by molar-refractivity contribution is 7.13. The number of hydrogen-bond acceptors (Lipinski definition) is 3. The van der Waals surface area contributed by atoms with Gasteiger partial charge in [0.1, 0.15) is 0 Å². The molecule has 0 spiro atoms. The number of aromatic nitrogens is 1. The number of benzene rings is 1. The first kappa shape index (κ1) is 17.4. The van der Waals surface area contributed by atoms with Crippen LogP contribution < -0.4 is 4.90 Å². The van der Waals surface area contributed by atoms with Crippen LogP contribution in [0.15, 0.2) is 53.6 Å². The van der Waals surface area contributed by atoms with Crippen LogP contribution in [0.1, 0.15) is 19.4 Å². The minimum atomic E-state index is -0.125. The molecular weight excluding hydrogens is 328 g/mol. The summed E-state index contributed by atoms with van der Waals surface area (Å²) in [6.45, 7) is 7.51. The average Bonchev–Trinajstić information content (AvgIpc) is 2.98. The van der Waals surface area contributed by atoms with Gasteiger partial charge in [0, 0.05) is 23.0 Å². The highest BCUT2D eigenvalue weighted by Gasteiger charge is 2.20. The number of anilines is 1. The minimum absolute atomic E-state index is 0.125. The molecule has 0 aliphatic heterocycles. The summed E-state index contributed by atoms with van der Waals surface area (Å²) in [5.74, 6) is 0.574. The van der Waals surface area contributed by atoms with Gasteiger partial charge in [-0.15, -0.1) is 0 Å². The Hall–Kier alpha value is -1.91. The number of rotatable bonds is 5. The lowest BCUT2D eigenvalue weighted by Gasteiger charge is -2.16. The van der Waals surface area contributed by atoms with Crippen LogP contribution in [0.25, 0.3) is 10.1 Å². The van der Waals surface area contributed by atoms with Gasteiger partial charge in [-0.2, -0.15) is 4.37 Å². The fourth-order valence-corrected chi connectivity index (χ4v) is 3.24. The number of allylic oxidation sites excluding steroid dienone is 3. The number of carbonyl (C=O) groups is 1. The fraction of sp³-hybridized carbons (Fsp3) is 0.222. The van der Waals surface area contributed by atoms with Crippen LogP contribution in [0.3, 0.4) is 0 Å². The van der Waals surface area contributed by atoms with Crippen molar-refractivity contribution in [1.82, 2.24) is 4.37 Å². The molecule has 0 radical (unpaired) electrons. The Morgan fingerprint density at radius 2 is 2.17 bits per heavy atom. The monoisotopic (exact) mass is 346 g/mol. The molecule has 0 saturated carbocycles. The van der Waals surface area contributed by atoms with Crippen LogP contribution in [-0.2, 0) is 11.2 Å². The zero-order valence-corrected chi connectivity index (χ0v) is 15.0. The molecule has 2 aromatic rings. The van der Waals surface area contributed by atoms with E-state index in [0.717, 1.165) is 16.5 Å². The summed E-state index contributed by atoms with van der Waals surface area (Å²) in [5.41, 5.74) is 1.74. The molecule has 1 heterocycles. The Kier molecular flexibility index (Phi) is 5.74. The van der Waals surface area contributed by atoms with E-state index in [9.17, 15) is 4.79 Å². The quantitative estimate of drug-likeness (QED) is 0.559. The van der Waals surface area contributed by atoms with Crippen LogP contribution in [0.5, 0.6) is 0 Å². The lowest BCUT2D eigenvalue weighted by molar-refractivity contribution is -0.114. The van der Waals surface area contributed by atoms with Crippen molar-refractivity contribution in [3.05, 3.63) is 59.2 Å².